The third-order valence-corrected chi connectivity index (χ3v) is 7.28. The second-order valence-corrected chi connectivity index (χ2v) is 10.8. The molecule has 210 valence electrons. The van der Waals surface area contributed by atoms with Crippen LogP contribution in [0.15, 0.2) is 72.9 Å². The zero-order chi connectivity index (χ0) is 27.5. The van der Waals surface area contributed by atoms with Gasteiger partial charge in [0.25, 0.3) is 0 Å². The van der Waals surface area contributed by atoms with Crippen molar-refractivity contribution in [1.82, 2.24) is 9.88 Å². The average molecular weight is 549 g/mol. The largest absolute Gasteiger partial charge is 0.457 e. The van der Waals surface area contributed by atoms with Gasteiger partial charge in [0.15, 0.2) is 0 Å². The molecular formula is C34H45ClN2O2. The lowest BCUT2D eigenvalue weighted by molar-refractivity contribution is -0.132. The van der Waals surface area contributed by atoms with Crippen molar-refractivity contribution >= 4 is 17.5 Å². The molecule has 0 saturated carbocycles. The molecule has 0 spiro atoms. The van der Waals surface area contributed by atoms with Crippen LogP contribution in [0.4, 0.5) is 0 Å². The van der Waals surface area contributed by atoms with Gasteiger partial charge in [-0.2, -0.15) is 0 Å². The third kappa shape index (κ3) is 12.7. The maximum absolute atomic E-state index is 13.3. The van der Waals surface area contributed by atoms with Crippen LogP contribution < -0.4 is 4.74 Å². The van der Waals surface area contributed by atoms with Crippen LogP contribution in [-0.4, -0.2) is 22.3 Å². The summed E-state index contributed by atoms with van der Waals surface area (Å²) in [4.78, 5) is 19.7. The Labute approximate surface area is 240 Å². The van der Waals surface area contributed by atoms with Crippen LogP contribution in [0.2, 0.25) is 5.02 Å². The monoisotopic (exact) mass is 548 g/mol. The summed E-state index contributed by atoms with van der Waals surface area (Å²) in [5.74, 6) is 1.69. The van der Waals surface area contributed by atoms with Gasteiger partial charge < -0.3 is 9.64 Å². The first-order valence-electron chi connectivity index (χ1n) is 14.8. The van der Waals surface area contributed by atoms with E-state index in [2.05, 4.69) is 18.0 Å². The van der Waals surface area contributed by atoms with E-state index in [9.17, 15) is 4.79 Å². The van der Waals surface area contributed by atoms with Gasteiger partial charge in [0, 0.05) is 42.8 Å². The summed E-state index contributed by atoms with van der Waals surface area (Å²) in [6.07, 6.45) is 17.2. The fourth-order valence-corrected chi connectivity index (χ4v) is 4.88. The highest BCUT2D eigenvalue weighted by molar-refractivity contribution is 6.30. The number of benzene rings is 2. The molecule has 0 saturated heterocycles. The summed E-state index contributed by atoms with van der Waals surface area (Å²) in [6, 6.07) is 21.2. The van der Waals surface area contributed by atoms with Crippen molar-refractivity contribution in [2.24, 2.45) is 0 Å². The highest BCUT2D eigenvalue weighted by Gasteiger charge is 2.15. The molecule has 5 heteroatoms. The van der Waals surface area contributed by atoms with E-state index in [1.165, 1.54) is 57.8 Å². The molecule has 0 aliphatic carbocycles. The van der Waals surface area contributed by atoms with E-state index in [1.54, 1.807) is 0 Å². The van der Waals surface area contributed by atoms with Crippen molar-refractivity contribution in [2.45, 2.75) is 96.9 Å². The highest BCUT2D eigenvalue weighted by atomic mass is 35.5. The molecule has 3 aromatic rings. The normalized spacial score (nSPS) is 10.9. The number of amides is 1. The zero-order valence-electron chi connectivity index (χ0n) is 23.6. The number of pyridine rings is 1. The quantitative estimate of drug-likeness (QED) is 0.140. The van der Waals surface area contributed by atoms with E-state index in [-0.39, 0.29) is 5.91 Å². The van der Waals surface area contributed by atoms with Gasteiger partial charge in [-0.15, -0.1) is 0 Å². The van der Waals surface area contributed by atoms with Gasteiger partial charge in [-0.1, -0.05) is 101 Å². The van der Waals surface area contributed by atoms with E-state index in [0.29, 0.717) is 24.5 Å². The minimum Gasteiger partial charge on any atom is -0.457 e. The number of ether oxygens (including phenoxy) is 1. The SMILES string of the molecule is CCCCCCCCCCCCCC(=O)N(CCc1ccccn1)Cc1cccc(Oc2ccc(Cl)cc2)c1. The Kier molecular flexibility index (Phi) is 14.5. The molecule has 0 aliphatic rings. The maximum atomic E-state index is 13.3. The lowest BCUT2D eigenvalue weighted by Gasteiger charge is -2.23. The van der Waals surface area contributed by atoms with Crippen LogP contribution in [0, 0.1) is 0 Å². The molecule has 4 nitrogen and oxygen atoms in total. The molecule has 2 aromatic carbocycles. The Balaban J connectivity index is 1.48. The molecule has 0 bridgehead atoms. The molecule has 1 amide bonds. The van der Waals surface area contributed by atoms with Crippen LogP contribution in [-0.2, 0) is 17.8 Å². The summed E-state index contributed by atoms with van der Waals surface area (Å²) < 4.78 is 6.02. The molecule has 0 fully saturated rings. The van der Waals surface area contributed by atoms with Crippen LogP contribution in [0.3, 0.4) is 0 Å². The molecule has 1 aromatic heterocycles. The minimum atomic E-state index is 0.214. The maximum Gasteiger partial charge on any atom is 0.222 e. The zero-order valence-corrected chi connectivity index (χ0v) is 24.4. The number of hydrogen-bond acceptors (Lipinski definition) is 3. The van der Waals surface area contributed by atoms with Crippen LogP contribution >= 0.6 is 11.6 Å². The highest BCUT2D eigenvalue weighted by Crippen LogP contribution is 2.24. The van der Waals surface area contributed by atoms with Gasteiger partial charge in [-0.05, 0) is 60.5 Å². The van der Waals surface area contributed by atoms with Gasteiger partial charge in [-0.3, -0.25) is 9.78 Å². The first-order valence-corrected chi connectivity index (χ1v) is 15.2. The summed E-state index contributed by atoms with van der Waals surface area (Å²) in [7, 11) is 0. The Morgan fingerprint density at radius 2 is 1.49 bits per heavy atom. The Morgan fingerprint density at radius 3 is 2.15 bits per heavy atom. The van der Waals surface area contributed by atoms with Crippen molar-refractivity contribution in [3.05, 3.63) is 89.2 Å². The Hall–Kier alpha value is -2.85. The third-order valence-electron chi connectivity index (χ3n) is 7.03. The molecule has 39 heavy (non-hydrogen) atoms. The smallest absolute Gasteiger partial charge is 0.222 e. The Bertz CT molecular complexity index is 1070. The predicted octanol–water partition coefficient (Wildman–Crippen LogP) is 9.80. The van der Waals surface area contributed by atoms with Crippen molar-refractivity contribution < 1.29 is 9.53 Å². The standard InChI is InChI=1S/C34H45ClN2O2/c1-2-3-4-5-6-7-8-9-10-11-12-19-34(38)37(26-24-31-17-13-14-25-36-31)28-29-16-15-18-33(27-29)39-32-22-20-30(35)21-23-32/h13-18,20-23,25,27H,2-12,19,24,26,28H2,1H3. The van der Waals surface area contributed by atoms with Crippen molar-refractivity contribution in [1.29, 1.82) is 0 Å². The van der Waals surface area contributed by atoms with E-state index in [1.807, 2.05) is 71.8 Å². The number of aromatic nitrogens is 1. The molecule has 1 heterocycles. The van der Waals surface area contributed by atoms with Crippen LogP contribution in [0.1, 0.15) is 95.2 Å². The number of hydrogen-bond donors (Lipinski definition) is 0. The number of halogens is 1. The lowest BCUT2D eigenvalue weighted by atomic mass is 10.0. The van der Waals surface area contributed by atoms with Gasteiger partial charge >= 0.3 is 0 Å². The Morgan fingerprint density at radius 1 is 0.795 bits per heavy atom. The lowest BCUT2D eigenvalue weighted by Crippen LogP contribution is -2.32. The average Bonchev–Trinajstić information content (AvgIpc) is 2.96. The van der Waals surface area contributed by atoms with Gasteiger partial charge in [0.2, 0.25) is 5.91 Å². The van der Waals surface area contributed by atoms with E-state index >= 15 is 0 Å². The molecule has 0 atom stereocenters. The van der Waals surface area contributed by atoms with Gasteiger partial charge in [-0.25, -0.2) is 0 Å². The topological polar surface area (TPSA) is 42.4 Å². The second kappa shape index (κ2) is 18.4. The molecule has 3 rings (SSSR count). The van der Waals surface area contributed by atoms with Crippen molar-refractivity contribution in [2.75, 3.05) is 6.54 Å². The summed E-state index contributed by atoms with van der Waals surface area (Å²) in [5.41, 5.74) is 2.06. The van der Waals surface area contributed by atoms with Gasteiger partial charge in [0.05, 0.1) is 0 Å². The van der Waals surface area contributed by atoms with Gasteiger partial charge in [0.1, 0.15) is 11.5 Å². The number of rotatable bonds is 19. The fourth-order valence-electron chi connectivity index (χ4n) is 4.75. The second-order valence-electron chi connectivity index (χ2n) is 10.4. The first-order chi connectivity index (χ1) is 19.1. The number of nitrogens with zero attached hydrogens (tertiary/aromatic N) is 2. The molecule has 0 unspecified atom stereocenters. The fraction of sp³-hybridized carbons (Fsp3) is 0.471. The van der Waals surface area contributed by atoms with E-state index in [0.717, 1.165) is 42.0 Å². The number of unbranched alkanes of at least 4 members (excludes halogenated alkanes) is 10. The van der Waals surface area contributed by atoms with Crippen molar-refractivity contribution in [3.63, 3.8) is 0 Å². The molecule has 0 N–H and O–H groups in total. The van der Waals surface area contributed by atoms with Crippen LogP contribution in [0.5, 0.6) is 11.5 Å². The first kappa shape index (κ1) is 30.7. The molecular weight excluding hydrogens is 504 g/mol. The van der Waals surface area contributed by atoms with E-state index < -0.39 is 0 Å². The predicted molar refractivity (Wildman–Crippen MR) is 162 cm³/mol. The summed E-state index contributed by atoms with van der Waals surface area (Å²) >= 11 is 6.00. The summed E-state index contributed by atoms with van der Waals surface area (Å²) in [5, 5.41) is 0.677. The molecule has 0 radical (unpaired) electrons. The number of carbonyl (C=O) groups is 1. The van der Waals surface area contributed by atoms with E-state index in [4.69, 9.17) is 16.3 Å². The molecule has 0 aliphatic heterocycles. The van der Waals surface area contributed by atoms with Crippen molar-refractivity contribution in [3.8, 4) is 11.5 Å². The minimum absolute atomic E-state index is 0.214. The van der Waals surface area contributed by atoms with Crippen LogP contribution in [0.25, 0.3) is 0 Å². The summed E-state index contributed by atoms with van der Waals surface area (Å²) in [6.45, 7) is 3.47. The number of carbonyl (C=O) groups excluding carboxylic acids is 1.